The van der Waals surface area contributed by atoms with E-state index in [0.717, 1.165) is 25.6 Å². The zero-order valence-electron chi connectivity index (χ0n) is 12.4. The van der Waals surface area contributed by atoms with Crippen molar-refractivity contribution >= 4 is 15.7 Å². The summed E-state index contributed by atoms with van der Waals surface area (Å²) < 4.78 is 40.3. The van der Waals surface area contributed by atoms with Gasteiger partial charge in [0.05, 0.1) is 0 Å². The third-order valence-corrected chi connectivity index (χ3v) is 5.93. The van der Waals surface area contributed by atoms with Gasteiger partial charge in [0.1, 0.15) is 10.7 Å². The molecule has 5 nitrogen and oxygen atoms in total. The third kappa shape index (κ3) is 3.20. The molecule has 21 heavy (non-hydrogen) atoms. The Labute approximate surface area is 125 Å². The van der Waals surface area contributed by atoms with E-state index in [4.69, 9.17) is 5.73 Å². The molecule has 1 aliphatic rings. The van der Waals surface area contributed by atoms with E-state index in [0.29, 0.717) is 13.1 Å². The van der Waals surface area contributed by atoms with Gasteiger partial charge in [0.25, 0.3) is 0 Å². The van der Waals surface area contributed by atoms with Crippen molar-refractivity contribution in [3.8, 4) is 0 Å². The second kappa shape index (κ2) is 6.29. The van der Waals surface area contributed by atoms with Crippen LogP contribution in [0.1, 0.15) is 20.3 Å². The van der Waals surface area contributed by atoms with Crippen LogP contribution in [0.4, 0.5) is 10.1 Å². The number of benzene rings is 1. The second-order valence-electron chi connectivity index (χ2n) is 5.22. The predicted octanol–water partition coefficient (Wildman–Crippen LogP) is 1.51. The van der Waals surface area contributed by atoms with Crippen molar-refractivity contribution in [2.75, 3.05) is 31.9 Å². The lowest BCUT2D eigenvalue weighted by Gasteiger charge is -2.26. The van der Waals surface area contributed by atoms with Crippen LogP contribution in [0.5, 0.6) is 0 Å². The number of sulfonamides is 1. The molecule has 0 saturated carbocycles. The molecular weight excluding hydrogens is 293 g/mol. The normalized spacial score (nSPS) is 20.3. The van der Waals surface area contributed by atoms with Crippen molar-refractivity contribution in [2.24, 2.45) is 0 Å². The number of nitrogen functional groups attached to an aromatic ring is 1. The summed E-state index contributed by atoms with van der Waals surface area (Å²) in [4.78, 5) is 1.94. The van der Waals surface area contributed by atoms with Gasteiger partial charge >= 0.3 is 0 Å². The van der Waals surface area contributed by atoms with E-state index < -0.39 is 15.8 Å². The van der Waals surface area contributed by atoms with Crippen LogP contribution in [-0.4, -0.2) is 49.8 Å². The molecule has 1 aromatic rings. The summed E-state index contributed by atoms with van der Waals surface area (Å²) in [6, 6.07) is 3.90. The summed E-state index contributed by atoms with van der Waals surface area (Å²) in [5, 5.41) is 0. The van der Waals surface area contributed by atoms with Crippen LogP contribution in [0.3, 0.4) is 0 Å². The van der Waals surface area contributed by atoms with E-state index in [1.165, 1.54) is 16.4 Å². The standard InChI is InChI=1S/C14H22FN3O2S/c1-3-17(4-2)12-7-8-18(10-12)21(19,20)14-6-5-11(16)9-13(14)15/h5-6,9,12H,3-4,7-8,10,16H2,1-2H3. The van der Waals surface area contributed by atoms with E-state index in [2.05, 4.69) is 18.7 Å². The molecule has 0 amide bonds. The van der Waals surface area contributed by atoms with Gasteiger partial charge in [0, 0.05) is 24.8 Å². The Morgan fingerprint density at radius 3 is 2.62 bits per heavy atom. The Morgan fingerprint density at radius 2 is 2.05 bits per heavy atom. The fraction of sp³-hybridized carbons (Fsp3) is 0.571. The molecule has 0 aromatic heterocycles. The monoisotopic (exact) mass is 315 g/mol. The maximum atomic E-state index is 13.9. The summed E-state index contributed by atoms with van der Waals surface area (Å²) in [6.07, 6.45) is 0.775. The topological polar surface area (TPSA) is 66.6 Å². The van der Waals surface area contributed by atoms with E-state index in [1.54, 1.807) is 0 Å². The highest BCUT2D eigenvalue weighted by molar-refractivity contribution is 7.89. The molecule has 1 fully saturated rings. The quantitative estimate of drug-likeness (QED) is 0.837. The first-order valence-electron chi connectivity index (χ1n) is 7.19. The highest BCUT2D eigenvalue weighted by Crippen LogP contribution is 2.26. The molecule has 0 bridgehead atoms. The Kier molecular flexibility index (Phi) is 4.85. The van der Waals surface area contributed by atoms with E-state index >= 15 is 0 Å². The molecule has 1 saturated heterocycles. The lowest BCUT2D eigenvalue weighted by molar-refractivity contribution is 0.224. The second-order valence-corrected chi connectivity index (χ2v) is 7.12. The SMILES string of the molecule is CCN(CC)C1CCN(S(=O)(=O)c2ccc(N)cc2F)C1. The van der Waals surface area contributed by atoms with Crippen molar-refractivity contribution in [1.29, 1.82) is 0 Å². The van der Waals surface area contributed by atoms with Gasteiger partial charge in [-0.2, -0.15) is 4.31 Å². The first-order valence-corrected chi connectivity index (χ1v) is 8.63. The zero-order valence-corrected chi connectivity index (χ0v) is 13.2. The predicted molar refractivity (Wildman–Crippen MR) is 80.9 cm³/mol. The van der Waals surface area contributed by atoms with Crippen LogP contribution in [0.15, 0.2) is 23.1 Å². The molecule has 2 rings (SSSR count). The van der Waals surface area contributed by atoms with Crippen LogP contribution in [0, 0.1) is 5.82 Å². The van der Waals surface area contributed by atoms with Gasteiger partial charge in [-0.05, 0) is 37.7 Å². The van der Waals surface area contributed by atoms with Crippen LogP contribution < -0.4 is 5.73 Å². The average Bonchev–Trinajstić information content (AvgIpc) is 2.90. The Balaban J connectivity index is 2.22. The number of nitrogens with two attached hydrogens (primary N) is 1. The third-order valence-electron chi connectivity index (χ3n) is 4.03. The Morgan fingerprint density at radius 1 is 1.38 bits per heavy atom. The van der Waals surface area contributed by atoms with Crippen LogP contribution in [-0.2, 0) is 10.0 Å². The smallest absolute Gasteiger partial charge is 0.246 e. The fourth-order valence-corrected chi connectivity index (χ4v) is 4.37. The molecule has 118 valence electrons. The van der Waals surface area contributed by atoms with Gasteiger partial charge in [-0.3, -0.25) is 4.90 Å². The molecule has 0 spiro atoms. The largest absolute Gasteiger partial charge is 0.399 e. The van der Waals surface area contributed by atoms with Gasteiger partial charge in [0.15, 0.2) is 0 Å². The van der Waals surface area contributed by atoms with E-state index in [-0.39, 0.29) is 16.6 Å². The summed E-state index contributed by atoms with van der Waals surface area (Å²) in [5.74, 6) is -0.790. The number of rotatable bonds is 5. The molecular formula is C14H22FN3O2S. The molecule has 7 heteroatoms. The van der Waals surface area contributed by atoms with Crippen molar-refractivity contribution < 1.29 is 12.8 Å². The van der Waals surface area contributed by atoms with Crippen molar-refractivity contribution in [3.05, 3.63) is 24.0 Å². The molecule has 0 aliphatic carbocycles. The first-order chi connectivity index (χ1) is 9.90. The molecule has 1 atom stereocenters. The first kappa shape index (κ1) is 16.2. The number of likely N-dealkylation sites (N-methyl/N-ethyl adjacent to an activating group) is 1. The summed E-state index contributed by atoms with van der Waals surface area (Å²) in [5.41, 5.74) is 5.68. The molecule has 2 N–H and O–H groups in total. The molecule has 0 radical (unpaired) electrons. The van der Waals surface area contributed by atoms with Gasteiger partial charge in [-0.25, -0.2) is 12.8 Å². The number of nitrogens with zero attached hydrogens (tertiary/aromatic N) is 2. The van der Waals surface area contributed by atoms with Gasteiger partial charge in [-0.1, -0.05) is 13.8 Å². The summed E-state index contributed by atoms with van der Waals surface area (Å²) in [7, 11) is -3.79. The van der Waals surface area contributed by atoms with E-state index in [9.17, 15) is 12.8 Å². The van der Waals surface area contributed by atoms with Gasteiger partial charge in [0.2, 0.25) is 10.0 Å². The number of hydrogen-bond acceptors (Lipinski definition) is 4. The number of anilines is 1. The maximum absolute atomic E-state index is 13.9. The van der Waals surface area contributed by atoms with Crippen molar-refractivity contribution in [2.45, 2.75) is 31.2 Å². The number of halogens is 1. The minimum absolute atomic E-state index is 0.201. The zero-order chi connectivity index (χ0) is 15.6. The van der Waals surface area contributed by atoms with Crippen LogP contribution >= 0.6 is 0 Å². The molecule has 1 unspecified atom stereocenters. The van der Waals surface area contributed by atoms with Gasteiger partial charge < -0.3 is 5.73 Å². The Bertz CT molecular complexity index is 602. The lowest BCUT2D eigenvalue weighted by atomic mass is 10.2. The molecule has 1 heterocycles. The van der Waals surface area contributed by atoms with Gasteiger partial charge in [-0.15, -0.1) is 0 Å². The summed E-state index contributed by atoms with van der Waals surface area (Å²) in [6.45, 7) is 6.71. The van der Waals surface area contributed by atoms with E-state index in [1.807, 2.05) is 0 Å². The minimum Gasteiger partial charge on any atom is -0.399 e. The summed E-state index contributed by atoms with van der Waals surface area (Å²) >= 11 is 0. The molecule has 1 aliphatic heterocycles. The van der Waals surface area contributed by atoms with Crippen LogP contribution in [0.25, 0.3) is 0 Å². The number of hydrogen-bond donors (Lipinski definition) is 1. The minimum atomic E-state index is -3.79. The maximum Gasteiger partial charge on any atom is 0.246 e. The highest BCUT2D eigenvalue weighted by atomic mass is 32.2. The lowest BCUT2D eigenvalue weighted by Crippen LogP contribution is -2.38. The fourth-order valence-electron chi connectivity index (χ4n) is 2.83. The highest BCUT2D eigenvalue weighted by Gasteiger charge is 2.35. The van der Waals surface area contributed by atoms with Crippen molar-refractivity contribution in [1.82, 2.24) is 9.21 Å². The molecule has 1 aromatic carbocycles. The Hall–Kier alpha value is -1.18. The average molecular weight is 315 g/mol. The van der Waals surface area contributed by atoms with Crippen LogP contribution in [0.2, 0.25) is 0 Å². The van der Waals surface area contributed by atoms with Crippen molar-refractivity contribution in [3.63, 3.8) is 0 Å².